The average molecular weight is 273 g/mol. The first-order valence-corrected chi connectivity index (χ1v) is 5.72. The maximum atomic E-state index is 12.0. The molecule has 0 spiro atoms. The molecule has 7 nitrogen and oxygen atoms in total. The van der Waals surface area contributed by atoms with Crippen molar-refractivity contribution >= 4 is 17.4 Å². The highest BCUT2D eigenvalue weighted by Crippen LogP contribution is 2.16. The van der Waals surface area contributed by atoms with E-state index in [4.69, 9.17) is 5.11 Å². The Morgan fingerprint density at radius 3 is 2.85 bits per heavy atom. The van der Waals surface area contributed by atoms with Crippen LogP contribution in [0.3, 0.4) is 0 Å². The van der Waals surface area contributed by atoms with Crippen LogP contribution in [0.2, 0.25) is 0 Å². The van der Waals surface area contributed by atoms with Crippen LogP contribution in [-0.4, -0.2) is 20.9 Å². The van der Waals surface area contributed by atoms with Gasteiger partial charge in [0.15, 0.2) is 0 Å². The van der Waals surface area contributed by atoms with Crippen LogP contribution >= 0.6 is 0 Å². The predicted octanol–water partition coefficient (Wildman–Crippen LogP) is 1.73. The lowest BCUT2D eigenvalue weighted by Crippen LogP contribution is -2.14. The van der Waals surface area contributed by atoms with E-state index >= 15 is 0 Å². The monoisotopic (exact) mass is 273 g/mol. The molecular formula is C13H11N3O4. The molecule has 0 fully saturated rings. The summed E-state index contributed by atoms with van der Waals surface area (Å²) in [6.45, 7) is -0.265. The smallest absolute Gasteiger partial charge is 0.270 e. The van der Waals surface area contributed by atoms with Crippen LogP contribution in [0.5, 0.6) is 0 Å². The van der Waals surface area contributed by atoms with Gasteiger partial charge in [-0.15, -0.1) is 0 Å². The molecule has 0 saturated heterocycles. The molecule has 102 valence electrons. The highest BCUT2D eigenvalue weighted by molar-refractivity contribution is 6.04. The zero-order valence-electron chi connectivity index (χ0n) is 10.3. The standard InChI is InChI=1S/C13H11N3O4/c17-8-10-4-2-6-14-12(10)15-13(18)9-3-1-5-11(7-9)16(19)20/h1-7,17H,8H2,(H,14,15,18). The number of aliphatic hydroxyl groups is 1. The number of amides is 1. The number of nitrogens with one attached hydrogen (secondary N) is 1. The lowest BCUT2D eigenvalue weighted by molar-refractivity contribution is -0.384. The normalized spacial score (nSPS) is 10.1. The number of aliphatic hydroxyl groups excluding tert-OH is 1. The van der Waals surface area contributed by atoms with Crippen molar-refractivity contribution in [1.29, 1.82) is 0 Å². The second-order valence-corrected chi connectivity index (χ2v) is 3.93. The van der Waals surface area contributed by atoms with E-state index in [1.54, 1.807) is 12.1 Å². The van der Waals surface area contributed by atoms with Crippen molar-refractivity contribution in [3.05, 3.63) is 63.8 Å². The van der Waals surface area contributed by atoms with Crippen molar-refractivity contribution in [2.45, 2.75) is 6.61 Å². The molecule has 1 heterocycles. The van der Waals surface area contributed by atoms with Crippen LogP contribution in [0, 0.1) is 10.1 Å². The molecule has 1 amide bonds. The van der Waals surface area contributed by atoms with Crippen LogP contribution in [0.4, 0.5) is 11.5 Å². The van der Waals surface area contributed by atoms with E-state index in [0.29, 0.717) is 5.56 Å². The molecule has 7 heteroatoms. The Bertz CT molecular complexity index is 658. The number of benzene rings is 1. The molecule has 0 aliphatic heterocycles. The van der Waals surface area contributed by atoms with E-state index in [2.05, 4.69) is 10.3 Å². The van der Waals surface area contributed by atoms with Crippen LogP contribution in [0.15, 0.2) is 42.6 Å². The molecule has 2 rings (SSSR count). The SMILES string of the molecule is O=C(Nc1ncccc1CO)c1cccc([N+](=O)[O-])c1. The first-order valence-electron chi connectivity index (χ1n) is 5.72. The number of nitro benzene ring substituents is 1. The molecule has 0 unspecified atom stereocenters. The Labute approximate surface area is 114 Å². The van der Waals surface area contributed by atoms with Crippen LogP contribution in [0.1, 0.15) is 15.9 Å². The van der Waals surface area contributed by atoms with Crippen molar-refractivity contribution in [3.63, 3.8) is 0 Å². The summed E-state index contributed by atoms with van der Waals surface area (Å²) in [5.74, 6) is -0.298. The Hall–Kier alpha value is -2.80. The number of hydrogen-bond donors (Lipinski definition) is 2. The second-order valence-electron chi connectivity index (χ2n) is 3.93. The summed E-state index contributed by atoms with van der Waals surface area (Å²) >= 11 is 0. The van der Waals surface area contributed by atoms with Gasteiger partial charge in [0, 0.05) is 29.5 Å². The van der Waals surface area contributed by atoms with Gasteiger partial charge < -0.3 is 10.4 Å². The number of carbonyl (C=O) groups is 1. The Kier molecular flexibility index (Phi) is 4.02. The molecule has 1 aromatic carbocycles. The number of anilines is 1. The van der Waals surface area contributed by atoms with E-state index in [0.717, 1.165) is 0 Å². The fourth-order valence-electron chi connectivity index (χ4n) is 1.62. The van der Waals surface area contributed by atoms with Gasteiger partial charge in [-0.2, -0.15) is 0 Å². The zero-order chi connectivity index (χ0) is 14.5. The number of nitro groups is 1. The summed E-state index contributed by atoms with van der Waals surface area (Å²) in [7, 11) is 0. The maximum absolute atomic E-state index is 12.0. The summed E-state index contributed by atoms with van der Waals surface area (Å²) in [6, 6.07) is 8.63. The third-order valence-electron chi connectivity index (χ3n) is 2.61. The van der Waals surface area contributed by atoms with Gasteiger partial charge in [-0.3, -0.25) is 14.9 Å². The van der Waals surface area contributed by atoms with Gasteiger partial charge in [-0.1, -0.05) is 12.1 Å². The van der Waals surface area contributed by atoms with Crippen molar-refractivity contribution < 1.29 is 14.8 Å². The van der Waals surface area contributed by atoms with Crippen LogP contribution in [0.25, 0.3) is 0 Å². The molecule has 2 N–H and O–H groups in total. The van der Waals surface area contributed by atoms with E-state index in [1.807, 2.05) is 0 Å². The molecule has 20 heavy (non-hydrogen) atoms. The molecular weight excluding hydrogens is 262 g/mol. The van der Waals surface area contributed by atoms with Crippen LogP contribution in [-0.2, 0) is 6.61 Å². The Morgan fingerprint density at radius 1 is 1.35 bits per heavy atom. The van der Waals surface area contributed by atoms with Gasteiger partial charge >= 0.3 is 0 Å². The molecule has 0 bridgehead atoms. The number of aromatic nitrogens is 1. The molecule has 0 saturated carbocycles. The fourth-order valence-corrected chi connectivity index (χ4v) is 1.62. The lowest BCUT2D eigenvalue weighted by atomic mass is 10.2. The number of carbonyl (C=O) groups excluding carboxylic acids is 1. The minimum absolute atomic E-state index is 0.147. The van der Waals surface area contributed by atoms with Crippen molar-refractivity contribution in [1.82, 2.24) is 4.98 Å². The molecule has 1 aromatic heterocycles. The largest absolute Gasteiger partial charge is 0.392 e. The molecule has 2 aromatic rings. The predicted molar refractivity (Wildman–Crippen MR) is 71.2 cm³/mol. The third kappa shape index (κ3) is 2.96. The maximum Gasteiger partial charge on any atom is 0.270 e. The molecule has 0 aliphatic carbocycles. The van der Waals surface area contributed by atoms with E-state index in [-0.39, 0.29) is 23.7 Å². The highest BCUT2D eigenvalue weighted by Gasteiger charge is 2.13. The van der Waals surface area contributed by atoms with Crippen molar-refractivity contribution in [2.24, 2.45) is 0 Å². The van der Waals surface area contributed by atoms with Gasteiger partial charge in [-0.25, -0.2) is 4.98 Å². The second kappa shape index (κ2) is 5.89. The molecule has 0 radical (unpaired) electrons. The number of pyridine rings is 1. The number of non-ortho nitro benzene ring substituents is 1. The van der Waals surface area contributed by atoms with Gasteiger partial charge in [0.05, 0.1) is 11.5 Å². The fraction of sp³-hybridized carbons (Fsp3) is 0.0769. The van der Waals surface area contributed by atoms with E-state index < -0.39 is 10.8 Å². The number of nitrogens with zero attached hydrogens (tertiary/aromatic N) is 2. The summed E-state index contributed by atoms with van der Waals surface area (Å²) in [5, 5.41) is 22.3. The zero-order valence-corrected chi connectivity index (χ0v) is 10.3. The summed E-state index contributed by atoms with van der Waals surface area (Å²) in [5.41, 5.74) is 0.445. The first-order chi connectivity index (χ1) is 9.61. The Balaban J connectivity index is 2.24. The summed E-state index contributed by atoms with van der Waals surface area (Å²) in [4.78, 5) is 26.0. The van der Waals surface area contributed by atoms with Crippen molar-refractivity contribution in [3.8, 4) is 0 Å². The lowest BCUT2D eigenvalue weighted by Gasteiger charge is -2.07. The minimum atomic E-state index is -0.573. The molecule has 0 atom stereocenters. The average Bonchev–Trinajstić information content (AvgIpc) is 2.48. The van der Waals surface area contributed by atoms with Gasteiger partial charge in [-0.05, 0) is 12.1 Å². The topological polar surface area (TPSA) is 105 Å². The molecule has 0 aliphatic rings. The van der Waals surface area contributed by atoms with Crippen LogP contribution < -0.4 is 5.32 Å². The Morgan fingerprint density at radius 2 is 2.15 bits per heavy atom. The highest BCUT2D eigenvalue weighted by atomic mass is 16.6. The number of hydrogen-bond acceptors (Lipinski definition) is 5. The minimum Gasteiger partial charge on any atom is -0.392 e. The van der Waals surface area contributed by atoms with E-state index in [1.165, 1.54) is 30.5 Å². The quantitative estimate of drug-likeness (QED) is 0.652. The van der Waals surface area contributed by atoms with Gasteiger partial charge in [0.2, 0.25) is 0 Å². The summed E-state index contributed by atoms with van der Waals surface area (Å²) in [6.07, 6.45) is 1.47. The third-order valence-corrected chi connectivity index (χ3v) is 2.61. The number of rotatable bonds is 4. The van der Waals surface area contributed by atoms with E-state index in [9.17, 15) is 14.9 Å². The van der Waals surface area contributed by atoms with Crippen molar-refractivity contribution in [2.75, 3.05) is 5.32 Å². The first kappa shape index (κ1) is 13.6. The summed E-state index contributed by atoms with van der Waals surface area (Å²) < 4.78 is 0. The van der Waals surface area contributed by atoms with Gasteiger partial charge in [0.1, 0.15) is 5.82 Å². The van der Waals surface area contributed by atoms with Gasteiger partial charge in [0.25, 0.3) is 11.6 Å².